The van der Waals surface area contributed by atoms with Gasteiger partial charge in [-0.3, -0.25) is 0 Å². The Kier molecular flexibility index (Phi) is 2.99. The molecule has 1 N–H and O–H groups in total. The van der Waals surface area contributed by atoms with Crippen LogP contribution in [0, 0.1) is 17.1 Å². The van der Waals surface area contributed by atoms with Crippen molar-refractivity contribution in [2.24, 2.45) is 0 Å². The van der Waals surface area contributed by atoms with Gasteiger partial charge in [-0.25, -0.2) is 4.39 Å². The molecule has 2 aromatic carbocycles. The van der Waals surface area contributed by atoms with Gasteiger partial charge in [0.1, 0.15) is 17.6 Å². The lowest BCUT2D eigenvalue weighted by Crippen LogP contribution is -1.83. The molecule has 0 saturated carbocycles. The van der Waals surface area contributed by atoms with Crippen LogP contribution in [0.3, 0.4) is 0 Å². The molecule has 0 aliphatic rings. The fraction of sp³-hybridized carbons (Fsp3) is 0. The van der Waals surface area contributed by atoms with Crippen molar-refractivity contribution in [1.82, 2.24) is 0 Å². The summed E-state index contributed by atoms with van der Waals surface area (Å²) in [7, 11) is 0. The van der Waals surface area contributed by atoms with E-state index in [9.17, 15) is 9.50 Å². The van der Waals surface area contributed by atoms with Crippen LogP contribution in [0.2, 0.25) is 5.02 Å². The molecule has 0 heterocycles. The predicted molar refractivity (Wildman–Crippen MR) is 63.2 cm³/mol. The number of phenolic OH excluding ortho intramolecular Hbond substituents is 1. The summed E-state index contributed by atoms with van der Waals surface area (Å²) in [6, 6.07) is 10.8. The van der Waals surface area contributed by atoms with E-state index in [1.807, 2.05) is 6.07 Å². The highest BCUT2D eigenvalue weighted by Gasteiger charge is 2.06. The minimum absolute atomic E-state index is 0.0223. The zero-order chi connectivity index (χ0) is 12.4. The van der Waals surface area contributed by atoms with E-state index < -0.39 is 5.82 Å². The molecule has 0 fully saturated rings. The molecule has 0 saturated heterocycles. The highest BCUT2D eigenvalue weighted by atomic mass is 35.5. The number of hydrogen-bond acceptors (Lipinski definition) is 2. The Bertz CT molecular complexity index is 619. The molecule has 0 aliphatic carbocycles. The molecule has 0 bridgehead atoms. The first kappa shape index (κ1) is 11.4. The number of halogens is 2. The molecule has 0 atom stereocenters. The van der Waals surface area contributed by atoms with Crippen molar-refractivity contribution >= 4 is 11.6 Å². The van der Waals surface area contributed by atoms with Crippen molar-refractivity contribution in [2.75, 3.05) is 0 Å². The monoisotopic (exact) mass is 247 g/mol. The van der Waals surface area contributed by atoms with Crippen molar-refractivity contribution in [1.29, 1.82) is 5.26 Å². The summed E-state index contributed by atoms with van der Waals surface area (Å²) < 4.78 is 13.0. The quantitative estimate of drug-likeness (QED) is 0.835. The Labute approximate surface area is 103 Å². The Hall–Kier alpha value is -2.05. The second kappa shape index (κ2) is 4.44. The van der Waals surface area contributed by atoms with Crippen LogP contribution in [0.5, 0.6) is 5.75 Å². The van der Waals surface area contributed by atoms with Crippen LogP contribution >= 0.6 is 11.6 Å². The van der Waals surface area contributed by atoms with E-state index in [0.717, 1.165) is 0 Å². The number of nitriles is 1. The van der Waals surface area contributed by atoms with E-state index in [4.69, 9.17) is 16.9 Å². The maximum atomic E-state index is 13.0. The van der Waals surface area contributed by atoms with Gasteiger partial charge in [-0.05, 0) is 35.4 Å². The highest BCUT2D eigenvalue weighted by Crippen LogP contribution is 2.28. The van der Waals surface area contributed by atoms with Gasteiger partial charge in [0.25, 0.3) is 0 Å². The Morgan fingerprint density at radius 3 is 2.41 bits per heavy atom. The van der Waals surface area contributed by atoms with Crippen LogP contribution in [-0.2, 0) is 0 Å². The van der Waals surface area contributed by atoms with Gasteiger partial charge in [0.2, 0.25) is 0 Å². The highest BCUT2D eigenvalue weighted by molar-refractivity contribution is 6.31. The lowest BCUT2D eigenvalue weighted by Gasteiger charge is -2.04. The van der Waals surface area contributed by atoms with Gasteiger partial charge in [0.15, 0.2) is 0 Å². The maximum absolute atomic E-state index is 13.0. The second-order valence-corrected chi connectivity index (χ2v) is 3.88. The van der Waals surface area contributed by atoms with E-state index in [1.165, 1.54) is 24.3 Å². The zero-order valence-electron chi connectivity index (χ0n) is 8.61. The molecule has 2 rings (SSSR count). The van der Waals surface area contributed by atoms with E-state index in [-0.39, 0.29) is 16.3 Å². The van der Waals surface area contributed by atoms with Crippen molar-refractivity contribution in [3.05, 3.63) is 52.8 Å². The molecule has 0 unspecified atom stereocenters. The van der Waals surface area contributed by atoms with Crippen LogP contribution in [0.4, 0.5) is 4.39 Å². The molecule has 0 radical (unpaired) electrons. The molecule has 0 aliphatic heterocycles. The van der Waals surface area contributed by atoms with Crippen molar-refractivity contribution < 1.29 is 9.50 Å². The summed E-state index contributed by atoms with van der Waals surface area (Å²) in [6.07, 6.45) is 0. The lowest BCUT2D eigenvalue weighted by atomic mass is 10.0. The minimum atomic E-state index is -0.491. The molecule has 0 amide bonds. The number of rotatable bonds is 1. The van der Waals surface area contributed by atoms with Crippen LogP contribution in [0.25, 0.3) is 11.1 Å². The number of nitrogens with zero attached hydrogens (tertiary/aromatic N) is 1. The summed E-state index contributed by atoms with van der Waals surface area (Å²) in [5.41, 5.74) is 1.55. The predicted octanol–water partition coefficient (Wildman–Crippen LogP) is 3.72. The van der Waals surface area contributed by atoms with E-state index >= 15 is 0 Å². The van der Waals surface area contributed by atoms with Crippen molar-refractivity contribution in [3.8, 4) is 22.9 Å². The van der Waals surface area contributed by atoms with Crippen LogP contribution in [0.1, 0.15) is 5.56 Å². The van der Waals surface area contributed by atoms with Gasteiger partial charge >= 0.3 is 0 Å². The molecule has 0 spiro atoms. The molecule has 84 valence electrons. The first-order chi connectivity index (χ1) is 8.11. The third-order valence-corrected chi connectivity index (χ3v) is 2.66. The third-order valence-electron chi connectivity index (χ3n) is 2.37. The van der Waals surface area contributed by atoms with E-state index in [0.29, 0.717) is 11.1 Å². The lowest BCUT2D eigenvalue weighted by molar-refractivity contribution is 0.473. The average molecular weight is 248 g/mol. The molecule has 4 heteroatoms. The topological polar surface area (TPSA) is 44.0 Å². The summed E-state index contributed by atoms with van der Waals surface area (Å²) in [5.74, 6) is -0.570. The van der Waals surface area contributed by atoms with Crippen molar-refractivity contribution in [2.45, 2.75) is 0 Å². The molecule has 2 aromatic rings. The summed E-state index contributed by atoms with van der Waals surface area (Å²) >= 11 is 5.68. The largest absolute Gasteiger partial charge is 0.507 e. The SMILES string of the molecule is N#Cc1cc(-c2ccc(F)c(Cl)c2)ccc1O. The van der Waals surface area contributed by atoms with Gasteiger partial charge < -0.3 is 5.11 Å². The molecule has 17 heavy (non-hydrogen) atoms. The van der Waals surface area contributed by atoms with E-state index in [1.54, 1.807) is 12.1 Å². The molecular formula is C13H7ClFNO. The smallest absolute Gasteiger partial charge is 0.141 e. The maximum Gasteiger partial charge on any atom is 0.141 e. The minimum Gasteiger partial charge on any atom is -0.507 e. The standard InChI is InChI=1S/C13H7ClFNO/c14-11-6-9(1-3-12(11)15)8-2-4-13(17)10(5-8)7-16/h1-6,17H. The van der Waals surface area contributed by atoms with Crippen LogP contribution in [0.15, 0.2) is 36.4 Å². The molecular weight excluding hydrogens is 241 g/mol. The van der Waals surface area contributed by atoms with Gasteiger partial charge in [-0.2, -0.15) is 5.26 Å². The Morgan fingerprint density at radius 2 is 1.76 bits per heavy atom. The van der Waals surface area contributed by atoms with Crippen molar-refractivity contribution in [3.63, 3.8) is 0 Å². The summed E-state index contributed by atoms with van der Waals surface area (Å²) in [5, 5.41) is 18.2. The van der Waals surface area contributed by atoms with E-state index in [2.05, 4.69) is 0 Å². The number of phenols is 1. The molecule has 0 aromatic heterocycles. The van der Waals surface area contributed by atoms with Gasteiger partial charge in [-0.1, -0.05) is 23.7 Å². The number of benzene rings is 2. The Morgan fingerprint density at radius 1 is 1.12 bits per heavy atom. The van der Waals surface area contributed by atoms with Gasteiger partial charge in [0, 0.05) is 0 Å². The fourth-order valence-electron chi connectivity index (χ4n) is 1.48. The first-order valence-electron chi connectivity index (χ1n) is 4.80. The average Bonchev–Trinajstić information content (AvgIpc) is 2.33. The summed E-state index contributed by atoms with van der Waals surface area (Å²) in [4.78, 5) is 0. The number of aromatic hydroxyl groups is 1. The van der Waals surface area contributed by atoms with Crippen LogP contribution < -0.4 is 0 Å². The zero-order valence-corrected chi connectivity index (χ0v) is 9.37. The fourth-order valence-corrected chi connectivity index (χ4v) is 1.66. The van der Waals surface area contributed by atoms with Gasteiger partial charge in [-0.15, -0.1) is 0 Å². The second-order valence-electron chi connectivity index (χ2n) is 3.47. The third kappa shape index (κ3) is 2.22. The normalized spacial score (nSPS) is 9.94. The summed E-state index contributed by atoms with van der Waals surface area (Å²) in [6.45, 7) is 0. The first-order valence-corrected chi connectivity index (χ1v) is 5.18. The Balaban J connectivity index is 2.54. The van der Waals surface area contributed by atoms with Gasteiger partial charge in [0.05, 0.1) is 10.6 Å². The van der Waals surface area contributed by atoms with Crippen LogP contribution in [-0.4, -0.2) is 5.11 Å². The number of hydrogen-bond donors (Lipinski definition) is 1. The molecule has 2 nitrogen and oxygen atoms in total.